The van der Waals surface area contributed by atoms with E-state index in [0.717, 1.165) is 25.7 Å². The number of unbranched alkanes of at least 4 members (excludes halogenated alkanes) is 1. The predicted molar refractivity (Wildman–Crippen MR) is 85.4 cm³/mol. The summed E-state index contributed by atoms with van der Waals surface area (Å²) in [5.74, 6) is 0.154. The average molecular weight is 320 g/mol. The van der Waals surface area contributed by atoms with Gasteiger partial charge >= 0.3 is 11.9 Å². The van der Waals surface area contributed by atoms with Gasteiger partial charge in [-0.1, -0.05) is 13.3 Å². The van der Waals surface area contributed by atoms with E-state index in [4.69, 9.17) is 14.2 Å². The van der Waals surface area contributed by atoms with Gasteiger partial charge in [0.2, 0.25) is 0 Å². The lowest BCUT2D eigenvalue weighted by Crippen LogP contribution is -2.17. The van der Waals surface area contributed by atoms with Gasteiger partial charge in [0.15, 0.2) is 0 Å². The molecule has 2 rings (SSSR count). The normalized spacial score (nSPS) is 20.1. The number of methoxy groups -OCH3 is 1. The molecule has 0 heterocycles. The van der Waals surface area contributed by atoms with Crippen LogP contribution in [0.25, 0.3) is 0 Å². The molecule has 5 heteroatoms. The van der Waals surface area contributed by atoms with Crippen LogP contribution in [0, 0.1) is 5.92 Å². The van der Waals surface area contributed by atoms with E-state index in [1.54, 1.807) is 24.3 Å². The van der Waals surface area contributed by atoms with E-state index in [-0.39, 0.29) is 24.0 Å². The first kappa shape index (κ1) is 17.3. The van der Waals surface area contributed by atoms with Crippen molar-refractivity contribution >= 4 is 11.9 Å². The lowest BCUT2D eigenvalue weighted by Gasteiger charge is -2.14. The smallest absolute Gasteiger partial charge is 0.338 e. The van der Waals surface area contributed by atoms with Crippen molar-refractivity contribution in [3.8, 4) is 5.75 Å². The highest BCUT2D eigenvalue weighted by Crippen LogP contribution is 2.30. The maximum atomic E-state index is 11.8. The fourth-order valence-electron chi connectivity index (χ4n) is 2.68. The molecule has 1 aromatic rings. The van der Waals surface area contributed by atoms with Gasteiger partial charge in [0, 0.05) is 0 Å². The quantitative estimate of drug-likeness (QED) is 0.569. The lowest BCUT2D eigenvalue weighted by molar-refractivity contribution is -0.145. The number of esters is 2. The number of hydrogen-bond acceptors (Lipinski definition) is 5. The van der Waals surface area contributed by atoms with Gasteiger partial charge in [0.05, 0.1) is 31.3 Å². The number of rotatable bonds is 7. The van der Waals surface area contributed by atoms with Gasteiger partial charge in [-0.15, -0.1) is 0 Å². The van der Waals surface area contributed by atoms with Crippen molar-refractivity contribution in [2.75, 3.05) is 13.7 Å². The Balaban J connectivity index is 1.83. The summed E-state index contributed by atoms with van der Waals surface area (Å²) in [6.45, 7) is 2.50. The molecule has 0 N–H and O–H groups in total. The van der Waals surface area contributed by atoms with Crippen molar-refractivity contribution in [1.29, 1.82) is 0 Å². The summed E-state index contributed by atoms with van der Waals surface area (Å²) in [7, 11) is 1.41. The Morgan fingerprint density at radius 2 is 1.91 bits per heavy atom. The Bertz CT molecular complexity index is 523. The topological polar surface area (TPSA) is 61.8 Å². The Morgan fingerprint density at radius 1 is 1.17 bits per heavy atom. The molecule has 0 unspecified atom stereocenters. The molecule has 126 valence electrons. The molecule has 0 saturated heterocycles. The molecule has 1 aromatic carbocycles. The maximum absolute atomic E-state index is 11.8. The van der Waals surface area contributed by atoms with Crippen molar-refractivity contribution in [3.63, 3.8) is 0 Å². The fourth-order valence-corrected chi connectivity index (χ4v) is 2.68. The SMILES string of the molecule is CCCCOC(=O)c1ccc(O[C@@H]2CC[C@@H](C(=O)OC)C2)cc1. The predicted octanol–water partition coefficient (Wildman–Crippen LogP) is 3.36. The maximum Gasteiger partial charge on any atom is 0.338 e. The van der Waals surface area contributed by atoms with Crippen molar-refractivity contribution in [2.45, 2.75) is 45.1 Å². The van der Waals surface area contributed by atoms with Crippen LogP contribution < -0.4 is 4.74 Å². The molecule has 0 radical (unpaired) electrons. The minimum atomic E-state index is -0.309. The Morgan fingerprint density at radius 3 is 2.57 bits per heavy atom. The van der Waals surface area contributed by atoms with Crippen molar-refractivity contribution in [1.82, 2.24) is 0 Å². The van der Waals surface area contributed by atoms with Gasteiger partial charge < -0.3 is 14.2 Å². The highest BCUT2D eigenvalue weighted by molar-refractivity contribution is 5.89. The molecule has 5 nitrogen and oxygen atoms in total. The molecule has 1 aliphatic rings. The number of carbonyl (C=O) groups is 2. The average Bonchev–Trinajstić information content (AvgIpc) is 3.03. The first-order chi connectivity index (χ1) is 11.1. The van der Waals surface area contributed by atoms with Crippen LogP contribution in [0.5, 0.6) is 5.75 Å². The van der Waals surface area contributed by atoms with E-state index >= 15 is 0 Å². The molecule has 0 amide bonds. The second kappa shape index (κ2) is 8.56. The largest absolute Gasteiger partial charge is 0.490 e. The third-order valence-corrected chi connectivity index (χ3v) is 4.04. The van der Waals surface area contributed by atoms with Gasteiger partial charge in [0.1, 0.15) is 5.75 Å². The summed E-state index contributed by atoms with van der Waals surface area (Å²) >= 11 is 0. The zero-order valence-electron chi connectivity index (χ0n) is 13.7. The first-order valence-corrected chi connectivity index (χ1v) is 8.15. The molecular weight excluding hydrogens is 296 g/mol. The summed E-state index contributed by atoms with van der Waals surface area (Å²) in [6, 6.07) is 6.94. The van der Waals surface area contributed by atoms with E-state index in [0.29, 0.717) is 24.3 Å². The molecular formula is C18H24O5. The number of carbonyl (C=O) groups excluding carboxylic acids is 2. The first-order valence-electron chi connectivity index (χ1n) is 8.15. The Kier molecular flexibility index (Phi) is 6.44. The summed E-state index contributed by atoms with van der Waals surface area (Å²) < 4.78 is 15.8. The molecule has 0 spiro atoms. The van der Waals surface area contributed by atoms with Crippen molar-refractivity contribution in [3.05, 3.63) is 29.8 Å². The molecule has 0 aliphatic heterocycles. The second-order valence-corrected chi connectivity index (χ2v) is 5.79. The van der Waals surface area contributed by atoms with Gasteiger partial charge in [-0.25, -0.2) is 4.79 Å². The van der Waals surface area contributed by atoms with Crippen LogP contribution >= 0.6 is 0 Å². The molecule has 0 aromatic heterocycles. The minimum absolute atomic E-state index is 0.0152. The molecule has 2 atom stereocenters. The molecule has 0 bridgehead atoms. The van der Waals surface area contributed by atoms with Gasteiger partial charge in [-0.05, 0) is 49.9 Å². The van der Waals surface area contributed by atoms with Gasteiger partial charge in [0.25, 0.3) is 0 Å². The number of hydrogen-bond donors (Lipinski definition) is 0. The summed E-state index contributed by atoms with van der Waals surface area (Å²) in [4.78, 5) is 23.3. The number of ether oxygens (including phenoxy) is 3. The van der Waals surface area contributed by atoms with E-state index < -0.39 is 0 Å². The minimum Gasteiger partial charge on any atom is -0.490 e. The van der Waals surface area contributed by atoms with Crippen LogP contribution in [-0.2, 0) is 14.3 Å². The van der Waals surface area contributed by atoms with E-state index in [1.807, 2.05) is 6.92 Å². The zero-order chi connectivity index (χ0) is 16.7. The van der Waals surface area contributed by atoms with Gasteiger partial charge in [-0.3, -0.25) is 4.79 Å². The summed E-state index contributed by atoms with van der Waals surface area (Å²) in [5, 5.41) is 0. The summed E-state index contributed by atoms with van der Waals surface area (Å²) in [6.07, 6.45) is 4.18. The van der Waals surface area contributed by atoms with E-state index in [9.17, 15) is 9.59 Å². The summed E-state index contributed by atoms with van der Waals surface area (Å²) in [5.41, 5.74) is 0.521. The zero-order valence-corrected chi connectivity index (χ0v) is 13.7. The number of benzene rings is 1. The van der Waals surface area contributed by atoms with Gasteiger partial charge in [-0.2, -0.15) is 0 Å². The van der Waals surface area contributed by atoms with Crippen molar-refractivity contribution in [2.24, 2.45) is 5.92 Å². The highest BCUT2D eigenvalue weighted by Gasteiger charge is 2.31. The molecule has 23 heavy (non-hydrogen) atoms. The monoisotopic (exact) mass is 320 g/mol. The molecule has 1 saturated carbocycles. The highest BCUT2D eigenvalue weighted by atomic mass is 16.5. The fraction of sp³-hybridized carbons (Fsp3) is 0.556. The van der Waals surface area contributed by atoms with Crippen LogP contribution in [0.2, 0.25) is 0 Å². The van der Waals surface area contributed by atoms with E-state index in [2.05, 4.69) is 0 Å². The van der Waals surface area contributed by atoms with Crippen LogP contribution in [0.4, 0.5) is 0 Å². The van der Waals surface area contributed by atoms with Crippen LogP contribution in [0.1, 0.15) is 49.4 Å². The van der Waals surface area contributed by atoms with Crippen LogP contribution in [0.3, 0.4) is 0 Å². The third-order valence-electron chi connectivity index (χ3n) is 4.04. The van der Waals surface area contributed by atoms with Crippen LogP contribution in [-0.4, -0.2) is 31.8 Å². The van der Waals surface area contributed by atoms with Crippen LogP contribution in [0.15, 0.2) is 24.3 Å². The molecule has 1 fully saturated rings. The van der Waals surface area contributed by atoms with E-state index in [1.165, 1.54) is 7.11 Å². The Hall–Kier alpha value is -2.04. The third kappa shape index (κ3) is 4.98. The second-order valence-electron chi connectivity index (χ2n) is 5.79. The standard InChI is InChI=1S/C18H24O5/c1-3-4-11-22-18(20)13-5-8-15(9-6-13)23-16-10-7-14(12-16)17(19)21-2/h5-6,8-9,14,16H,3-4,7,10-12H2,1-2H3/t14-,16-/m1/s1. The Labute approximate surface area is 136 Å². The van der Waals surface area contributed by atoms with Crippen molar-refractivity contribution < 1.29 is 23.8 Å². The lowest BCUT2D eigenvalue weighted by atomic mass is 10.1. The molecule has 1 aliphatic carbocycles.